The van der Waals surface area contributed by atoms with E-state index in [1.165, 1.54) is 19.5 Å². The van der Waals surface area contributed by atoms with E-state index < -0.39 is 0 Å². The van der Waals surface area contributed by atoms with Crippen molar-refractivity contribution in [2.24, 2.45) is 5.92 Å². The molecule has 4 heteroatoms. The molecule has 1 aromatic rings. The lowest BCUT2D eigenvalue weighted by Crippen LogP contribution is -2.22. The first kappa shape index (κ1) is 8.62. The molecule has 2 aliphatic heterocycles. The van der Waals surface area contributed by atoms with Crippen LogP contribution in [-0.4, -0.2) is 34.5 Å². The third-order valence-corrected chi connectivity index (χ3v) is 3.54. The van der Waals surface area contributed by atoms with Gasteiger partial charge in [-0.3, -0.25) is 0 Å². The molecule has 74 valence electrons. The molecule has 0 spiro atoms. The summed E-state index contributed by atoms with van der Waals surface area (Å²) in [6.07, 6.45) is 3.07. The zero-order valence-electron chi connectivity index (χ0n) is 7.86. The van der Waals surface area contributed by atoms with E-state index in [1.807, 2.05) is 6.07 Å². The highest BCUT2D eigenvalue weighted by molar-refractivity contribution is 6.28. The van der Waals surface area contributed by atoms with Gasteiger partial charge in [0.05, 0.1) is 5.69 Å². The van der Waals surface area contributed by atoms with E-state index in [1.54, 1.807) is 6.20 Å². The van der Waals surface area contributed by atoms with Gasteiger partial charge >= 0.3 is 0 Å². The average Bonchev–Trinajstić information content (AvgIpc) is 2.78. The number of hydrogen-bond acceptors (Lipinski definition) is 3. The molecule has 0 aromatic carbocycles. The minimum atomic E-state index is 0.375. The number of fused-ring (bicyclic) bond motifs is 2. The zero-order chi connectivity index (χ0) is 9.54. The molecule has 2 aliphatic rings. The summed E-state index contributed by atoms with van der Waals surface area (Å²) >= 11 is 5.79. The fourth-order valence-corrected chi connectivity index (χ4v) is 2.83. The first-order valence-electron chi connectivity index (χ1n) is 5.04. The Labute approximate surface area is 88.1 Å². The van der Waals surface area contributed by atoms with Crippen LogP contribution in [0.2, 0.25) is 5.28 Å². The summed E-state index contributed by atoms with van der Waals surface area (Å²) in [5.74, 6) is 1.38. The number of halogens is 1. The van der Waals surface area contributed by atoms with Crippen molar-refractivity contribution in [3.05, 3.63) is 23.2 Å². The second-order valence-electron chi connectivity index (χ2n) is 4.17. The van der Waals surface area contributed by atoms with Gasteiger partial charge < -0.3 is 4.90 Å². The van der Waals surface area contributed by atoms with Gasteiger partial charge in [-0.2, -0.15) is 0 Å². The molecule has 2 saturated heterocycles. The predicted molar refractivity (Wildman–Crippen MR) is 54.3 cm³/mol. The summed E-state index contributed by atoms with van der Waals surface area (Å²) in [5.41, 5.74) is 1.12. The Kier molecular flexibility index (Phi) is 1.96. The van der Waals surface area contributed by atoms with E-state index in [-0.39, 0.29) is 0 Å². The van der Waals surface area contributed by atoms with E-state index in [0.717, 1.165) is 18.2 Å². The number of rotatable bonds is 1. The molecule has 3 nitrogen and oxygen atoms in total. The first-order valence-corrected chi connectivity index (χ1v) is 5.41. The molecule has 0 N–H and O–H groups in total. The standard InChI is InChI=1S/C10H12ClN3/c11-10-12-3-1-9(13-10)8-6-14-4-2-7(8)5-14/h1,3,7-8H,2,4-6H2. The molecule has 0 aliphatic carbocycles. The summed E-state index contributed by atoms with van der Waals surface area (Å²) < 4.78 is 0. The van der Waals surface area contributed by atoms with Crippen molar-refractivity contribution in [1.82, 2.24) is 14.9 Å². The molecule has 3 unspecified atom stereocenters. The Morgan fingerprint density at radius 3 is 3.00 bits per heavy atom. The molecule has 0 amide bonds. The Morgan fingerprint density at radius 1 is 1.43 bits per heavy atom. The molecule has 2 bridgehead atoms. The third-order valence-electron chi connectivity index (χ3n) is 3.36. The molecule has 3 rings (SSSR count). The van der Waals surface area contributed by atoms with E-state index in [4.69, 9.17) is 11.6 Å². The predicted octanol–water partition coefficient (Wildman–Crippen LogP) is 1.55. The molecule has 0 radical (unpaired) electrons. The number of nitrogens with zero attached hydrogens (tertiary/aromatic N) is 3. The fraction of sp³-hybridized carbons (Fsp3) is 0.600. The van der Waals surface area contributed by atoms with Crippen molar-refractivity contribution in [3.8, 4) is 0 Å². The minimum Gasteiger partial charge on any atom is -0.302 e. The third kappa shape index (κ3) is 1.31. The van der Waals surface area contributed by atoms with Crippen LogP contribution in [0.5, 0.6) is 0 Å². The van der Waals surface area contributed by atoms with Crippen LogP contribution in [0.4, 0.5) is 0 Å². The van der Waals surface area contributed by atoms with E-state index in [0.29, 0.717) is 11.2 Å². The average molecular weight is 210 g/mol. The van der Waals surface area contributed by atoms with Crippen LogP contribution in [0.25, 0.3) is 0 Å². The van der Waals surface area contributed by atoms with Gasteiger partial charge in [-0.05, 0) is 36.6 Å². The summed E-state index contributed by atoms with van der Waals surface area (Å²) in [6, 6.07) is 2.00. The van der Waals surface area contributed by atoms with E-state index >= 15 is 0 Å². The normalized spacial score (nSPS) is 35.1. The van der Waals surface area contributed by atoms with Crippen LogP contribution < -0.4 is 0 Å². The van der Waals surface area contributed by atoms with Crippen molar-refractivity contribution in [2.75, 3.05) is 19.6 Å². The highest BCUT2D eigenvalue weighted by Crippen LogP contribution is 2.38. The molecular weight excluding hydrogens is 198 g/mol. The molecule has 3 atom stereocenters. The Hall–Kier alpha value is -0.670. The van der Waals surface area contributed by atoms with Gasteiger partial charge in [-0.1, -0.05) is 0 Å². The lowest BCUT2D eigenvalue weighted by molar-refractivity contribution is 0.344. The largest absolute Gasteiger partial charge is 0.302 e. The molecule has 3 heterocycles. The van der Waals surface area contributed by atoms with Crippen molar-refractivity contribution >= 4 is 11.6 Å². The topological polar surface area (TPSA) is 29.0 Å². The smallest absolute Gasteiger partial charge is 0.222 e. The van der Waals surface area contributed by atoms with Crippen LogP contribution in [0.3, 0.4) is 0 Å². The number of piperidine rings is 1. The zero-order valence-corrected chi connectivity index (χ0v) is 8.61. The molecule has 0 saturated carbocycles. The molecular formula is C10H12ClN3. The van der Waals surface area contributed by atoms with Crippen molar-refractivity contribution < 1.29 is 0 Å². The maximum absolute atomic E-state index is 5.79. The van der Waals surface area contributed by atoms with Crippen LogP contribution >= 0.6 is 11.6 Å². The Balaban J connectivity index is 1.89. The fourth-order valence-electron chi connectivity index (χ4n) is 2.67. The van der Waals surface area contributed by atoms with Gasteiger partial charge in [0.15, 0.2) is 0 Å². The SMILES string of the molecule is Clc1nccc(C2CN3CCC2C3)n1. The second-order valence-corrected chi connectivity index (χ2v) is 4.50. The van der Waals surface area contributed by atoms with Crippen LogP contribution in [0, 0.1) is 5.92 Å². The van der Waals surface area contributed by atoms with Gasteiger partial charge in [0.2, 0.25) is 5.28 Å². The van der Waals surface area contributed by atoms with Gasteiger partial charge in [0, 0.05) is 25.2 Å². The van der Waals surface area contributed by atoms with Gasteiger partial charge in [0.25, 0.3) is 0 Å². The monoisotopic (exact) mass is 209 g/mol. The summed E-state index contributed by atoms with van der Waals surface area (Å²) in [5, 5.41) is 0.375. The van der Waals surface area contributed by atoms with Crippen LogP contribution in [0.1, 0.15) is 18.0 Å². The molecule has 14 heavy (non-hydrogen) atoms. The summed E-state index contributed by atoms with van der Waals surface area (Å²) in [4.78, 5) is 10.7. The first-order chi connectivity index (χ1) is 6.83. The number of aromatic nitrogens is 2. The Morgan fingerprint density at radius 2 is 2.36 bits per heavy atom. The van der Waals surface area contributed by atoms with Crippen molar-refractivity contribution in [1.29, 1.82) is 0 Å². The molecule has 2 fully saturated rings. The van der Waals surface area contributed by atoms with Crippen LogP contribution in [0.15, 0.2) is 12.3 Å². The van der Waals surface area contributed by atoms with Crippen molar-refractivity contribution in [2.45, 2.75) is 12.3 Å². The lowest BCUT2D eigenvalue weighted by Gasteiger charge is -2.21. The summed E-state index contributed by atoms with van der Waals surface area (Å²) in [7, 11) is 0. The maximum atomic E-state index is 5.79. The van der Waals surface area contributed by atoms with E-state index in [2.05, 4.69) is 14.9 Å². The summed E-state index contributed by atoms with van der Waals surface area (Å²) in [6.45, 7) is 3.66. The highest BCUT2D eigenvalue weighted by Gasteiger charge is 2.39. The number of hydrogen-bond donors (Lipinski definition) is 0. The molecule has 1 aromatic heterocycles. The second kappa shape index (κ2) is 3.17. The minimum absolute atomic E-state index is 0.375. The van der Waals surface area contributed by atoms with Gasteiger partial charge in [-0.25, -0.2) is 9.97 Å². The van der Waals surface area contributed by atoms with Gasteiger partial charge in [0.1, 0.15) is 0 Å². The lowest BCUT2D eigenvalue weighted by atomic mass is 9.90. The van der Waals surface area contributed by atoms with E-state index in [9.17, 15) is 0 Å². The highest BCUT2D eigenvalue weighted by atomic mass is 35.5. The van der Waals surface area contributed by atoms with Crippen molar-refractivity contribution in [3.63, 3.8) is 0 Å². The van der Waals surface area contributed by atoms with Gasteiger partial charge in [-0.15, -0.1) is 0 Å². The quantitative estimate of drug-likeness (QED) is 0.658. The van der Waals surface area contributed by atoms with Crippen LogP contribution in [-0.2, 0) is 0 Å². The maximum Gasteiger partial charge on any atom is 0.222 e. The Bertz CT molecular complexity index is 355.